The first-order chi connectivity index (χ1) is 9.76. The molecule has 1 saturated carbocycles. The van der Waals surface area contributed by atoms with Crippen LogP contribution in [0.25, 0.3) is 0 Å². The van der Waals surface area contributed by atoms with Gasteiger partial charge >= 0.3 is 0 Å². The van der Waals surface area contributed by atoms with Crippen LogP contribution in [0.2, 0.25) is 0 Å². The summed E-state index contributed by atoms with van der Waals surface area (Å²) in [5.41, 5.74) is 0. The van der Waals surface area contributed by atoms with Gasteiger partial charge in [0.15, 0.2) is 0 Å². The van der Waals surface area contributed by atoms with E-state index in [-0.39, 0.29) is 0 Å². The molecule has 1 aliphatic heterocycles. The molecule has 2 fully saturated rings. The Kier molecular flexibility index (Phi) is 4.21. The van der Waals surface area contributed by atoms with E-state index in [0.29, 0.717) is 6.04 Å². The molecule has 1 atom stereocenters. The smallest absolute Gasteiger partial charge is 0.266 e. The van der Waals surface area contributed by atoms with Crippen LogP contribution in [0.4, 0.5) is 5.95 Å². The van der Waals surface area contributed by atoms with Crippen molar-refractivity contribution < 1.29 is 4.52 Å². The molecule has 1 aliphatic carbocycles. The molecule has 0 bridgehead atoms. The lowest BCUT2D eigenvalue weighted by atomic mass is 10.1. The fourth-order valence-electron chi connectivity index (χ4n) is 2.82. The highest BCUT2D eigenvalue weighted by molar-refractivity contribution is 5.28. The van der Waals surface area contributed by atoms with Gasteiger partial charge in [0.05, 0.1) is 0 Å². The summed E-state index contributed by atoms with van der Waals surface area (Å²) in [4.78, 5) is 9.12. The van der Waals surface area contributed by atoms with Crippen LogP contribution in [-0.4, -0.2) is 60.9 Å². The molecule has 0 radical (unpaired) electrons. The Bertz CT molecular complexity index is 423. The predicted octanol–water partition coefficient (Wildman–Crippen LogP) is 0.752. The summed E-state index contributed by atoms with van der Waals surface area (Å²) in [7, 11) is 2.15. The number of rotatable bonds is 6. The molecule has 2 aliphatic rings. The zero-order valence-corrected chi connectivity index (χ0v) is 12.5. The minimum Gasteiger partial charge on any atom is -0.337 e. The Balaban J connectivity index is 1.58. The van der Waals surface area contributed by atoms with E-state index in [1.165, 1.54) is 12.8 Å². The number of nitrogens with one attached hydrogen (secondary N) is 1. The molecule has 112 valence electrons. The van der Waals surface area contributed by atoms with Crippen molar-refractivity contribution in [1.82, 2.24) is 20.4 Å². The van der Waals surface area contributed by atoms with Crippen molar-refractivity contribution >= 4 is 5.95 Å². The zero-order valence-electron chi connectivity index (χ0n) is 12.5. The van der Waals surface area contributed by atoms with Gasteiger partial charge in [0.25, 0.3) is 5.95 Å². The van der Waals surface area contributed by atoms with Crippen molar-refractivity contribution in [3.8, 4) is 0 Å². The van der Waals surface area contributed by atoms with Gasteiger partial charge in [-0.3, -0.25) is 0 Å². The van der Waals surface area contributed by atoms with Gasteiger partial charge in [-0.15, -0.1) is 0 Å². The van der Waals surface area contributed by atoms with Crippen molar-refractivity contribution in [3.05, 3.63) is 5.89 Å². The third kappa shape index (κ3) is 3.30. The molecule has 1 aromatic rings. The quantitative estimate of drug-likeness (QED) is 0.829. The Morgan fingerprint density at radius 3 is 2.70 bits per heavy atom. The van der Waals surface area contributed by atoms with Crippen molar-refractivity contribution in [3.63, 3.8) is 0 Å². The average molecular weight is 279 g/mol. The minimum absolute atomic E-state index is 0.501. The Labute approximate surface area is 120 Å². The van der Waals surface area contributed by atoms with Crippen LogP contribution >= 0.6 is 0 Å². The second kappa shape index (κ2) is 6.10. The van der Waals surface area contributed by atoms with E-state index >= 15 is 0 Å². The minimum atomic E-state index is 0.501. The molecule has 1 aromatic heterocycles. The maximum Gasteiger partial charge on any atom is 0.266 e. The van der Waals surface area contributed by atoms with Crippen LogP contribution in [0, 0.1) is 5.92 Å². The maximum atomic E-state index is 5.44. The highest BCUT2D eigenvalue weighted by atomic mass is 16.5. The van der Waals surface area contributed by atoms with Crippen LogP contribution < -0.4 is 10.2 Å². The topological polar surface area (TPSA) is 57.4 Å². The van der Waals surface area contributed by atoms with Crippen LogP contribution in [0.5, 0.6) is 0 Å². The summed E-state index contributed by atoms with van der Waals surface area (Å²) >= 11 is 0. The van der Waals surface area contributed by atoms with Crippen LogP contribution in [0.15, 0.2) is 4.52 Å². The second-order valence-electron chi connectivity index (χ2n) is 5.98. The summed E-state index contributed by atoms with van der Waals surface area (Å²) < 4.78 is 5.44. The van der Waals surface area contributed by atoms with E-state index < -0.39 is 0 Å². The molecule has 0 spiro atoms. The van der Waals surface area contributed by atoms with Gasteiger partial charge in [0.1, 0.15) is 0 Å². The molecule has 2 heterocycles. The molecule has 6 nitrogen and oxygen atoms in total. The first-order valence-corrected chi connectivity index (χ1v) is 7.75. The highest BCUT2D eigenvalue weighted by Gasteiger charge is 2.32. The lowest BCUT2D eigenvalue weighted by molar-refractivity contribution is 0.308. The van der Waals surface area contributed by atoms with Gasteiger partial charge in [-0.2, -0.15) is 4.98 Å². The Morgan fingerprint density at radius 1 is 1.30 bits per heavy atom. The average Bonchev–Trinajstić information content (AvgIpc) is 3.20. The number of hydrogen-bond donors (Lipinski definition) is 1. The molecule has 0 aromatic carbocycles. The summed E-state index contributed by atoms with van der Waals surface area (Å²) in [6.45, 7) is 7.24. The van der Waals surface area contributed by atoms with E-state index in [0.717, 1.165) is 56.9 Å². The standard InChI is InChI=1S/C14H25N5O/c1-3-15-12(11-4-5-11)10-13-16-14(17-20-13)19-8-6-18(2)7-9-19/h11-12,15H,3-10H2,1-2H3. The van der Waals surface area contributed by atoms with Crippen molar-refractivity contribution in [2.75, 3.05) is 44.7 Å². The lowest BCUT2D eigenvalue weighted by Crippen LogP contribution is -2.44. The van der Waals surface area contributed by atoms with Gasteiger partial charge in [-0.1, -0.05) is 6.92 Å². The third-order valence-corrected chi connectivity index (χ3v) is 4.30. The molecule has 1 unspecified atom stereocenters. The number of aromatic nitrogens is 2. The lowest BCUT2D eigenvalue weighted by Gasteiger charge is -2.31. The van der Waals surface area contributed by atoms with E-state index in [9.17, 15) is 0 Å². The van der Waals surface area contributed by atoms with E-state index in [1.807, 2.05) is 0 Å². The van der Waals surface area contributed by atoms with Gasteiger partial charge in [-0.25, -0.2) is 0 Å². The zero-order chi connectivity index (χ0) is 13.9. The predicted molar refractivity (Wildman–Crippen MR) is 77.9 cm³/mol. The van der Waals surface area contributed by atoms with Crippen molar-refractivity contribution in [2.45, 2.75) is 32.2 Å². The fourth-order valence-corrected chi connectivity index (χ4v) is 2.82. The fraction of sp³-hybridized carbons (Fsp3) is 0.857. The summed E-state index contributed by atoms with van der Waals surface area (Å²) in [6.07, 6.45) is 3.52. The summed E-state index contributed by atoms with van der Waals surface area (Å²) in [5, 5.41) is 7.69. The van der Waals surface area contributed by atoms with Gasteiger partial charge in [0, 0.05) is 38.6 Å². The first kappa shape index (κ1) is 13.8. The van der Waals surface area contributed by atoms with Crippen LogP contribution in [-0.2, 0) is 6.42 Å². The number of anilines is 1. The second-order valence-corrected chi connectivity index (χ2v) is 5.98. The van der Waals surface area contributed by atoms with Gasteiger partial charge < -0.3 is 19.6 Å². The van der Waals surface area contributed by atoms with Crippen molar-refractivity contribution in [1.29, 1.82) is 0 Å². The van der Waals surface area contributed by atoms with Gasteiger partial charge in [-0.05, 0) is 37.5 Å². The molecule has 3 rings (SSSR count). The monoisotopic (exact) mass is 279 g/mol. The highest BCUT2D eigenvalue weighted by Crippen LogP contribution is 2.34. The van der Waals surface area contributed by atoms with Crippen molar-refractivity contribution in [2.24, 2.45) is 5.92 Å². The number of piperazine rings is 1. The SMILES string of the molecule is CCNC(Cc1nc(N2CCN(C)CC2)no1)C1CC1. The Hall–Kier alpha value is -1.14. The summed E-state index contributed by atoms with van der Waals surface area (Å²) in [6, 6.07) is 0.501. The third-order valence-electron chi connectivity index (χ3n) is 4.30. The maximum absolute atomic E-state index is 5.44. The molecule has 1 N–H and O–H groups in total. The molecule has 20 heavy (non-hydrogen) atoms. The van der Waals surface area contributed by atoms with Crippen LogP contribution in [0.3, 0.4) is 0 Å². The summed E-state index contributed by atoms with van der Waals surface area (Å²) in [5.74, 6) is 2.34. The molecular formula is C14H25N5O. The largest absolute Gasteiger partial charge is 0.337 e. The molecule has 1 saturated heterocycles. The molecular weight excluding hydrogens is 254 g/mol. The molecule has 6 heteroatoms. The van der Waals surface area contributed by atoms with E-state index in [2.05, 4.69) is 39.2 Å². The normalized spacial score (nSPS) is 22.2. The Morgan fingerprint density at radius 2 is 2.05 bits per heavy atom. The number of hydrogen-bond acceptors (Lipinski definition) is 6. The first-order valence-electron chi connectivity index (χ1n) is 7.75. The van der Waals surface area contributed by atoms with Gasteiger partial charge in [0.2, 0.25) is 5.89 Å². The van der Waals surface area contributed by atoms with E-state index in [1.54, 1.807) is 0 Å². The number of likely N-dealkylation sites (N-methyl/N-ethyl adjacent to an activating group) is 2. The van der Waals surface area contributed by atoms with E-state index in [4.69, 9.17) is 4.52 Å². The van der Waals surface area contributed by atoms with Crippen LogP contribution in [0.1, 0.15) is 25.7 Å². The molecule has 0 amide bonds. The number of nitrogens with zero attached hydrogens (tertiary/aromatic N) is 4.